The number of thiophene rings is 2. The molecular formula is C58H68N14O6S2. The third-order valence-electron chi connectivity index (χ3n) is 18.6. The molecule has 7 unspecified atom stereocenters. The quantitative estimate of drug-likeness (QED) is 0.164. The van der Waals surface area contributed by atoms with E-state index in [4.69, 9.17) is 29.4 Å². The van der Waals surface area contributed by atoms with Crippen molar-refractivity contribution in [2.75, 3.05) is 88.2 Å². The summed E-state index contributed by atoms with van der Waals surface area (Å²) in [5.74, 6) is 1.06. The number of likely N-dealkylation sites (tertiary alicyclic amines) is 2. The van der Waals surface area contributed by atoms with Crippen molar-refractivity contribution in [2.24, 2.45) is 5.41 Å². The van der Waals surface area contributed by atoms with Crippen molar-refractivity contribution in [2.45, 2.75) is 126 Å². The van der Waals surface area contributed by atoms with Crippen LogP contribution >= 0.6 is 22.7 Å². The van der Waals surface area contributed by atoms with Crippen LogP contribution in [0.4, 0.5) is 17.3 Å². The van der Waals surface area contributed by atoms with Crippen LogP contribution in [-0.4, -0.2) is 166 Å². The molecule has 12 rings (SSSR count). The van der Waals surface area contributed by atoms with Crippen LogP contribution in [0.15, 0.2) is 42.1 Å². The molecule has 20 nitrogen and oxygen atoms in total. The maximum Gasteiger partial charge on any atom is 0.318 e. The van der Waals surface area contributed by atoms with E-state index >= 15 is 0 Å². The number of hydrogen-bond donors (Lipinski definition) is 2. The maximum absolute atomic E-state index is 14.8. The molecule has 22 heteroatoms. The van der Waals surface area contributed by atoms with Gasteiger partial charge in [-0.3, -0.25) is 24.1 Å². The van der Waals surface area contributed by atoms with Gasteiger partial charge in [0.05, 0.1) is 70.7 Å². The number of nitrogens with one attached hydrogen (secondary N) is 2. The number of fused-ring (bicyclic) bond motifs is 4. The van der Waals surface area contributed by atoms with Crippen LogP contribution in [0.25, 0.3) is 0 Å². The Morgan fingerprint density at radius 3 is 2.02 bits per heavy atom. The minimum Gasteiger partial charge on any atom is -0.462 e. The standard InChI is InChI=1S/C58H68N14O6S2/c1-5-48(73)71-23-21-69(30-35(71)13-18-59)51-39-11-16-57(26-43(39)61-55(64-51)77-32-37-8-7-20-67(37)3)28-47-50(63-54(57)76)42(34-80-47)45-10-9-38(68(45)4)33-78-56-62-44-27-58(29-46-41(15-25-79-46)53(75)66-58)17-12-40(44)52(65-56)70-22-24-72(49(74)6-2)36(31-70)14-19-60/h5-6,15,25,34-38,45H,1-2,7-14,16-17,20-24,26-33H2,3-4H3,(H,63,76)(H,66,75). The third-order valence-corrected chi connectivity index (χ3v) is 20.5. The van der Waals surface area contributed by atoms with Gasteiger partial charge in [-0.25, -0.2) is 0 Å². The molecule has 0 radical (unpaired) electrons. The van der Waals surface area contributed by atoms with E-state index in [1.807, 2.05) is 11.4 Å². The second kappa shape index (κ2) is 21.8. The van der Waals surface area contributed by atoms with Gasteiger partial charge in [-0.05, 0) is 107 Å². The summed E-state index contributed by atoms with van der Waals surface area (Å²) in [5, 5.41) is 30.6. The van der Waals surface area contributed by atoms with Gasteiger partial charge in [0.2, 0.25) is 17.7 Å². The number of likely N-dealkylation sites (N-methyl/N-ethyl adjacent to an activating group) is 2. The van der Waals surface area contributed by atoms with Crippen LogP contribution in [0.2, 0.25) is 0 Å². The minimum atomic E-state index is -0.719. The molecule has 0 aromatic carbocycles. The first-order chi connectivity index (χ1) is 38.8. The molecular weight excluding hydrogens is 1050 g/mol. The third kappa shape index (κ3) is 9.85. The number of piperazine rings is 2. The van der Waals surface area contributed by atoms with E-state index in [9.17, 15) is 29.7 Å². The highest BCUT2D eigenvalue weighted by Crippen LogP contribution is 2.51. The average molecular weight is 1120 g/mol. The molecule has 7 atom stereocenters. The molecule has 2 aliphatic carbocycles. The van der Waals surface area contributed by atoms with Crippen LogP contribution in [-0.2, 0) is 52.9 Å². The summed E-state index contributed by atoms with van der Waals surface area (Å²) in [6.45, 7) is 11.9. The molecule has 4 aromatic rings. The molecule has 2 spiro atoms. The number of aromatic nitrogens is 4. The van der Waals surface area contributed by atoms with E-state index in [-0.39, 0.29) is 78.7 Å². The second-order valence-corrected chi connectivity index (χ2v) is 25.1. The molecule has 8 aliphatic rings. The first-order valence-corrected chi connectivity index (χ1v) is 29.9. The van der Waals surface area contributed by atoms with Gasteiger partial charge in [0, 0.05) is 103 Å². The number of rotatable bonds is 13. The molecule has 0 saturated carbocycles. The lowest BCUT2D eigenvalue weighted by molar-refractivity contribution is -0.129. The zero-order valence-electron chi connectivity index (χ0n) is 45.6. The largest absolute Gasteiger partial charge is 0.462 e. The number of ether oxygens (including phenoxy) is 2. The summed E-state index contributed by atoms with van der Waals surface area (Å²) in [6.07, 6.45) is 11.7. The van der Waals surface area contributed by atoms with Crippen molar-refractivity contribution in [1.82, 2.24) is 44.9 Å². The summed E-state index contributed by atoms with van der Waals surface area (Å²) in [4.78, 5) is 89.0. The fourth-order valence-corrected chi connectivity index (χ4v) is 16.3. The SMILES string of the molecule is C=CC(=O)N1CCN(c2nc(OCC3CCC(c4csc5c4NC(=O)C4(CCc6c(nc(OCC7CCCN7C)nc6N6CCN(C(=O)C=C)C(CC#N)C6)C4)C5)N3C)nc3c2CCC2(C3)Cc3sccc3C(=O)N2)CC1CC#N. The number of nitrogens with zero attached hydrogens (tertiary/aromatic N) is 12. The molecule has 4 amide bonds. The predicted octanol–water partition coefficient (Wildman–Crippen LogP) is 5.19. The van der Waals surface area contributed by atoms with E-state index in [1.165, 1.54) is 12.2 Å². The first kappa shape index (κ1) is 53.7. The van der Waals surface area contributed by atoms with Crippen LogP contribution < -0.4 is 29.9 Å². The Bertz CT molecular complexity index is 3240. The number of anilines is 3. The Hall–Kier alpha value is -6.98. The maximum atomic E-state index is 14.8. The monoisotopic (exact) mass is 1120 g/mol. The highest BCUT2D eigenvalue weighted by atomic mass is 32.1. The normalized spacial score (nSPS) is 27.3. The Balaban J connectivity index is 0.765. The molecule has 4 saturated heterocycles. The van der Waals surface area contributed by atoms with Crippen molar-refractivity contribution in [3.8, 4) is 24.2 Å². The lowest BCUT2D eigenvalue weighted by Crippen LogP contribution is -2.57. The summed E-state index contributed by atoms with van der Waals surface area (Å²) >= 11 is 3.32. The molecule has 2 N–H and O–H groups in total. The summed E-state index contributed by atoms with van der Waals surface area (Å²) < 4.78 is 13.1. The van der Waals surface area contributed by atoms with Crippen LogP contribution in [0, 0.1) is 28.1 Å². The highest BCUT2D eigenvalue weighted by molar-refractivity contribution is 7.11. The Morgan fingerprint density at radius 2 is 1.40 bits per heavy atom. The number of nitriles is 2. The molecule has 4 aromatic heterocycles. The van der Waals surface area contributed by atoms with Gasteiger partial charge in [0.15, 0.2) is 0 Å². The van der Waals surface area contributed by atoms with Gasteiger partial charge in [0.1, 0.15) is 24.8 Å². The summed E-state index contributed by atoms with van der Waals surface area (Å²) in [5.41, 5.74) is 5.19. The highest BCUT2D eigenvalue weighted by Gasteiger charge is 2.49. The molecule has 418 valence electrons. The smallest absolute Gasteiger partial charge is 0.318 e. The fraction of sp³-hybridized carbons (Fsp3) is 0.552. The van der Waals surface area contributed by atoms with Crippen molar-refractivity contribution >= 4 is 63.6 Å². The van der Waals surface area contributed by atoms with Crippen LogP contribution in [0.3, 0.4) is 0 Å². The van der Waals surface area contributed by atoms with E-state index in [0.29, 0.717) is 91.0 Å². The van der Waals surface area contributed by atoms with E-state index in [0.717, 1.165) is 106 Å². The predicted molar refractivity (Wildman–Crippen MR) is 302 cm³/mol. The van der Waals surface area contributed by atoms with Gasteiger partial charge in [-0.1, -0.05) is 13.2 Å². The number of amides is 4. The van der Waals surface area contributed by atoms with Gasteiger partial charge >= 0.3 is 12.0 Å². The topological polar surface area (TPSA) is 229 Å². The Morgan fingerprint density at radius 1 is 0.762 bits per heavy atom. The van der Waals surface area contributed by atoms with Crippen LogP contribution in [0.5, 0.6) is 12.0 Å². The van der Waals surface area contributed by atoms with Crippen molar-refractivity contribution in [3.63, 3.8) is 0 Å². The fourth-order valence-electron chi connectivity index (χ4n) is 14.1. The molecule has 10 heterocycles. The molecule has 0 bridgehead atoms. The van der Waals surface area contributed by atoms with Crippen molar-refractivity contribution in [1.29, 1.82) is 10.5 Å². The van der Waals surface area contributed by atoms with Crippen LogP contribution in [0.1, 0.15) is 106 Å². The van der Waals surface area contributed by atoms with E-state index in [2.05, 4.69) is 75.0 Å². The average Bonchev–Trinajstić information content (AvgIpc) is 4.32. The Kier molecular flexibility index (Phi) is 14.6. The summed E-state index contributed by atoms with van der Waals surface area (Å²) in [7, 11) is 4.23. The lowest BCUT2D eigenvalue weighted by atomic mass is 9.68. The molecule has 4 fully saturated rings. The zero-order chi connectivity index (χ0) is 55.5. The lowest BCUT2D eigenvalue weighted by Gasteiger charge is -2.44. The number of carbonyl (C=O) groups is 4. The number of carbonyl (C=O) groups excluding carboxylic acids is 4. The van der Waals surface area contributed by atoms with Gasteiger partial charge in [-0.2, -0.15) is 30.5 Å². The van der Waals surface area contributed by atoms with Gasteiger partial charge in [-0.15, -0.1) is 22.7 Å². The Labute approximate surface area is 474 Å². The van der Waals surface area contributed by atoms with E-state index in [1.54, 1.807) is 32.5 Å². The van der Waals surface area contributed by atoms with Gasteiger partial charge in [0.25, 0.3) is 5.91 Å². The van der Waals surface area contributed by atoms with Gasteiger partial charge < -0.3 is 44.6 Å². The minimum absolute atomic E-state index is 0.00453. The molecule has 6 aliphatic heterocycles. The van der Waals surface area contributed by atoms with E-state index < -0.39 is 11.0 Å². The number of hydrogen-bond acceptors (Lipinski definition) is 18. The molecule has 80 heavy (non-hydrogen) atoms. The zero-order valence-corrected chi connectivity index (χ0v) is 47.2. The second-order valence-electron chi connectivity index (χ2n) is 23.1. The van der Waals surface area contributed by atoms with Crippen molar-refractivity contribution < 1.29 is 28.7 Å². The van der Waals surface area contributed by atoms with Crippen molar-refractivity contribution in [3.05, 3.63) is 85.5 Å². The first-order valence-electron chi connectivity index (χ1n) is 28.2. The summed E-state index contributed by atoms with van der Waals surface area (Å²) in [6, 6.07) is 6.63.